The molecule has 1 amide bonds. The second-order valence-electron chi connectivity index (χ2n) is 8.14. The van der Waals surface area contributed by atoms with Crippen molar-refractivity contribution in [2.75, 3.05) is 13.1 Å². The number of aromatic nitrogens is 2. The van der Waals surface area contributed by atoms with E-state index >= 15 is 0 Å². The van der Waals surface area contributed by atoms with Gasteiger partial charge >= 0.3 is 0 Å². The van der Waals surface area contributed by atoms with Gasteiger partial charge in [0, 0.05) is 25.7 Å². The molecule has 6 heteroatoms. The minimum Gasteiger partial charge on any atom is -0.342 e. The molecule has 30 heavy (non-hydrogen) atoms. The molecule has 156 valence electrons. The Balaban J connectivity index is 1.45. The lowest BCUT2D eigenvalue weighted by Gasteiger charge is -2.34. The van der Waals surface area contributed by atoms with Gasteiger partial charge < -0.3 is 4.90 Å². The van der Waals surface area contributed by atoms with Crippen LogP contribution in [0.1, 0.15) is 36.8 Å². The smallest absolute Gasteiger partial charge is 0.266 e. The van der Waals surface area contributed by atoms with Gasteiger partial charge in [0.25, 0.3) is 5.56 Å². The van der Waals surface area contributed by atoms with Crippen molar-refractivity contribution in [1.29, 1.82) is 0 Å². The van der Waals surface area contributed by atoms with Gasteiger partial charge in [0.15, 0.2) is 0 Å². The van der Waals surface area contributed by atoms with Crippen LogP contribution in [-0.2, 0) is 11.3 Å². The molecule has 2 atom stereocenters. The van der Waals surface area contributed by atoms with E-state index in [4.69, 9.17) is 0 Å². The summed E-state index contributed by atoms with van der Waals surface area (Å²) in [7, 11) is 0. The SMILES string of the molecule is Cc1ccc([C@@H](C)C(=O)N2CCC[C@H](Cn3nc(-c4cccs4)ccc3=O)C2)cc1. The average Bonchev–Trinajstić information content (AvgIpc) is 3.30. The molecule has 0 unspecified atom stereocenters. The number of carbonyl (C=O) groups is 1. The Bertz CT molecular complexity index is 1060. The highest BCUT2D eigenvalue weighted by molar-refractivity contribution is 7.13. The summed E-state index contributed by atoms with van der Waals surface area (Å²) in [6, 6.07) is 15.6. The highest BCUT2D eigenvalue weighted by Crippen LogP contribution is 2.25. The molecular weight excluding hydrogens is 394 g/mol. The molecule has 3 aromatic rings. The second-order valence-corrected chi connectivity index (χ2v) is 9.09. The third kappa shape index (κ3) is 4.54. The van der Waals surface area contributed by atoms with Crippen LogP contribution in [0.3, 0.4) is 0 Å². The molecule has 0 saturated carbocycles. The first-order chi connectivity index (χ1) is 14.5. The van der Waals surface area contributed by atoms with Gasteiger partial charge in [-0.15, -0.1) is 11.3 Å². The molecule has 0 radical (unpaired) electrons. The zero-order valence-electron chi connectivity index (χ0n) is 17.5. The van der Waals surface area contributed by atoms with E-state index in [0.717, 1.165) is 35.5 Å². The quantitative estimate of drug-likeness (QED) is 0.616. The summed E-state index contributed by atoms with van der Waals surface area (Å²) < 4.78 is 1.57. The monoisotopic (exact) mass is 421 g/mol. The van der Waals surface area contributed by atoms with E-state index in [1.807, 2.05) is 41.5 Å². The lowest BCUT2D eigenvalue weighted by atomic mass is 9.94. The normalized spacial score (nSPS) is 17.7. The molecule has 0 spiro atoms. The van der Waals surface area contributed by atoms with Crippen LogP contribution in [0.5, 0.6) is 0 Å². The van der Waals surface area contributed by atoms with Crippen molar-refractivity contribution in [3.05, 3.63) is 75.4 Å². The first kappa shape index (κ1) is 20.5. The van der Waals surface area contributed by atoms with E-state index in [-0.39, 0.29) is 23.3 Å². The van der Waals surface area contributed by atoms with Crippen molar-refractivity contribution >= 4 is 17.2 Å². The number of hydrogen-bond acceptors (Lipinski definition) is 4. The summed E-state index contributed by atoms with van der Waals surface area (Å²) in [5.74, 6) is 0.236. The van der Waals surface area contributed by atoms with Crippen molar-refractivity contribution < 1.29 is 4.79 Å². The van der Waals surface area contributed by atoms with Gasteiger partial charge in [-0.1, -0.05) is 35.9 Å². The van der Waals surface area contributed by atoms with E-state index in [9.17, 15) is 9.59 Å². The van der Waals surface area contributed by atoms with Crippen LogP contribution in [0, 0.1) is 12.8 Å². The Morgan fingerprint density at radius 2 is 2.00 bits per heavy atom. The zero-order valence-corrected chi connectivity index (χ0v) is 18.3. The Morgan fingerprint density at radius 3 is 2.73 bits per heavy atom. The van der Waals surface area contributed by atoms with Gasteiger partial charge in [-0.2, -0.15) is 5.10 Å². The number of hydrogen-bond donors (Lipinski definition) is 0. The van der Waals surface area contributed by atoms with Crippen LogP contribution in [-0.4, -0.2) is 33.7 Å². The molecule has 0 bridgehead atoms. The van der Waals surface area contributed by atoms with Crippen molar-refractivity contribution in [1.82, 2.24) is 14.7 Å². The molecule has 5 nitrogen and oxygen atoms in total. The lowest BCUT2D eigenvalue weighted by molar-refractivity contribution is -0.134. The number of benzene rings is 1. The van der Waals surface area contributed by atoms with Gasteiger partial charge in [0.1, 0.15) is 5.69 Å². The fraction of sp³-hybridized carbons (Fsp3) is 0.375. The van der Waals surface area contributed by atoms with Gasteiger partial charge in [-0.3, -0.25) is 9.59 Å². The number of aryl methyl sites for hydroxylation is 1. The maximum Gasteiger partial charge on any atom is 0.266 e. The van der Waals surface area contributed by atoms with E-state index in [0.29, 0.717) is 13.1 Å². The molecule has 1 aromatic carbocycles. The van der Waals surface area contributed by atoms with Gasteiger partial charge in [0.2, 0.25) is 5.91 Å². The minimum absolute atomic E-state index is 0.0909. The number of piperidine rings is 1. The van der Waals surface area contributed by atoms with E-state index < -0.39 is 0 Å². The lowest BCUT2D eigenvalue weighted by Crippen LogP contribution is -2.43. The van der Waals surface area contributed by atoms with Gasteiger partial charge in [-0.25, -0.2) is 4.68 Å². The van der Waals surface area contributed by atoms with Gasteiger partial charge in [0.05, 0.1) is 10.8 Å². The Labute approximate surface area is 181 Å². The fourth-order valence-electron chi connectivity index (χ4n) is 4.07. The van der Waals surface area contributed by atoms with Crippen LogP contribution < -0.4 is 5.56 Å². The third-order valence-corrected chi connectivity index (χ3v) is 6.74. The topological polar surface area (TPSA) is 55.2 Å². The summed E-state index contributed by atoms with van der Waals surface area (Å²) in [4.78, 5) is 28.5. The summed E-state index contributed by atoms with van der Waals surface area (Å²) >= 11 is 1.61. The number of amides is 1. The van der Waals surface area contributed by atoms with Crippen LogP contribution in [0.25, 0.3) is 10.6 Å². The number of nitrogens with zero attached hydrogens (tertiary/aromatic N) is 3. The van der Waals surface area contributed by atoms with E-state index in [2.05, 4.69) is 24.2 Å². The van der Waals surface area contributed by atoms with Crippen LogP contribution >= 0.6 is 11.3 Å². The third-order valence-electron chi connectivity index (χ3n) is 5.85. The number of rotatable bonds is 5. The summed E-state index contributed by atoms with van der Waals surface area (Å²) in [5.41, 5.74) is 2.97. The molecule has 2 aromatic heterocycles. The number of thiophene rings is 1. The molecule has 1 aliphatic heterocycles. The maximum absolute atomic E-state index is 13.1. The Hall–Kier alpha value is -2.73. The highest BCUT2D eigenvalue weighted by atomic mass is 32.1. The predicted octanol–water partition coefficient (Wildman–Crippen LogP) is 4.32. The molecule has 0 aliphatic carbocycles. The molecule has 3 heterocycles. The molecule has 0 N–H and O–H groups in total. The summed E-state index contributed by atoms with van der Waals surface area (Å²) in [5, 5.41) is 6.59. The predicted molar refractivity (Wildman–Crippen MR) is 121 cm³/mol. The highest BCUT2D eigenvalue weighted by Gasteiger charge is 2.28. The zero-order chi connectivity index (χ0) is 21.1. The first-order valence-electron chi connectivity index (χ1n) is 10.5. The Kier molecular flexibility index (Phi) is 6.13. The first-order valence-corrected chi connectivity index (χ1v) is 11.4. The standard InChI is InChI=1S/C24H27N3O2S/c1-17-7-9-20(10-8-17)18(2)24(29)26-13-3-5-19(15-26)16-27-23(28)12-11-21(25-27)22-6-4-14-30-22/h4,6-12,14,18-19H,3,5,13,15-16H2,1-2H3/t18-,19+/m1/s1. The second kappa shape index (κ2) is 8.96. The van der Waals surface area contributed by atoms with Crippen LogP contribution in [0.15, 0.2) is 58.7 Å². The fourth-order valence-corrected chi connectivity index (χ4v) is 4.76. The van der Waals surface area contributed by atoms with Crippen molar-refractivity contribution in [3.8, 4) is 10.6 Å². The maximum atomic E-state index is 13.1. The van der Waals surface area contributed by atoms with Crippen molar-refractivity contribution in [2.24, 2.45) is 5.92 Å². The van der Waals surface area contributed by atoms with Crippen LogP contribution in [0.2, 0.25) is 0 Å². The number of likely N-dealkylation sites (tertiary alicyclic amines) is 1. The molecular formula is C24H27N3O2S. The van der Waals surface area contributed by atoms with Crippen molar-refractivity contribution in [2.45, 2.75) is 39.2 Å². The number of carbonyl (C=O) groups excluding carboxylic acids is 1. The Morgan fingerprint density at radius 1 is 1.20 bits per heavy atom. The van der Waals surface area contributed by atoms with Crippen LogP contribution in [0.4, 0.5) is 0 Å². The molecule has 1 saturated heterocycles. The van der Waals surface area contributed by atoms with E-state index in [1.54, 1.807) is 28.2 Å². The largest absolute Gasteiger partial charge is 0.342 e. The summed E-state index contributed by atoms with van der Waals surface area (Å²) in [6.45, 7) is 6.03. The molecule has 1 aliphatic rings. The molecule has 4 rings (SSSR count). The summed E-state index contributed by atoms with van der Waals surface area (Å²) in [6.07, 6.45) is 1.95. The molecule has 1 fully saturated rings. The van der Waals surface area contributed by atoms with Gasteiger partial charge in [-0.05, 0) is 55.7 Å². The average molecular weight is 422 g/mol. The minimum atomic E-state index is -0.160. The van der Waals surface area contributed by atoms with E-state index in [1.165, 1.54) is 5.56 Å². The van der Waals surface area contributed by atoms with Crippen molar-refractivity contribution in [3.63, 3.8) is 0 Å².